The smallest absolute Gasteiger partial charge is 0.255 e. The fourth-order valence-electron chi connectivity index (χ4n) is 2.63. The van der Waals surface area contributed by atoms with Crippen molar-refractivity contribution in [3.63, 3.8) is 0 Å². The number of rotatable bonds is 3. The number of carbonyl (C=O) groups is 2. The first kappa shape index (κ1) is 16.9. The summed E-state index contributed by atoms with van der Waals surface area (Å²) in [5.74, 6) is 0.0803. The van der Waals surface area contributed by atoms with Crippen molar-refractivity contribution in [3.05, 3.63) is 64.9 Å². The third-order valence-electron chi connectivity index (χ3n) is 3.82. The summed E-state index contributed by atoms with van der Waals surface area (Å²) < 4.78 is 2.53. The molecule has 0 radical (unpaired) electrons. The van der Waals surface area contributed by atoms with Crippen molar-refractivity contribution in [2.24, 2.45) is 0 Å². The van der Waals surface area contributed by atoms with Gasteiger partial charge in [-0.1, -0.05) is 12.1 Å². The lowest BCUT2D eigenvalue weighted by molar-refractivity contribution is -0.113. The number of fused-ring (bicyclic) bond motifs is 1. The van der Waals surface area contributed by atoms with Gasteiger partial charge in [-0.2, -0.15) is 5.10 Å². The van der Waals surface area contributed by atoms with E-state index in [1.165, 1.54) is 11.8 Å². The van der Waals surface area contributed by atoms with E-state index < -0.39 is 0 Å². The van der Waals surface area contributed by atoms with Crippen LogP contribution in [0.5, 0.6) is 0 Å². The Morgan fingerprint density at radius 3 is 2.92 bits per heavy atom. The molecule has 2 amide bonds. The van der Waals surface area contributed by atoms with Crippen LogP contribution in [0.15, 0.2) is 64.2 Å². The minimum Gasteiger partial charge on any atom is -0.324 e. The molecule has 0 aliphatic carbocycles. The summed E-state index contributed by atoms with van der Waals surface area (Å²) in [6.45, 7) is 0. The summed E-state index contributed by atoms with van der Waals surface area (Å²) in [5, 5.41) is 9.98. The molecule has 0 fully saturated rings. The molecular weight excluding hydrogens is 416 g/mol. The van der Waals surface area contributed by atoms with E-state index in [9.17, 15) is 9.59 Å². The van der Waals surface area contributed by atoms with Crippen LogP contribution in [-0.4, -0.2) is 27.3 Å². The number of aromatic nitrogens is 2. The highest BCUT2D eigenvalue weighted by Gasteiger charge is 2.18. The fourth-order valence-corrected chi connectivity index (χ4v) is 3.70. The van der Waals surface area contributed by atoms with Crippen LogP contribution < -0.4 is 10.6 Å². The van der Waals surface area contributed by atoms with Gasteiger partial charge >= 0.3 is 0 Å². The predicted octanol–water partition coefficient (Wildman–Crippen LogP) is 3.93. The molecule has 1 aliphatic rings. The first-order valence-corrected chi connectivity index (χ1v) is 9.55. The summed E-state index contributed by atoms with van der Waals surface area (Å²) in [5.41, 5.74) is 2.55. The van der Waals surface area contributed by atoms with Crippen molar-refractivity contribution in [1.82, 2.24) is 9.78 Å². The molecule has 130 valence electrons. The molecule has 0 unspecified atom stereocenters. The van der Waals surface area contributed by atoms with Crippen molar-refractivity contribution < 1.29 is 9.59 Å². The molecule has 0 saturated carbocycles. The Morgan fingerprint density at radius 1 is 1.27 bits per heavy atom. The van der Waals surface area contributed by atoms with Gasteiger partial charge in [0.1, 0.15) is 0 Å². The van der Waals surface area contributed by atoms with Crippen LogP contribution >= 0.6 is 27.7 Å². The van der Waals surface area contributed by atoms with Gasteiger partial charge in [0.2, 0.25) is 5.91 Å². The van der Waals surface area contributed by atoms with Gasteiger partial charge in [-0.3, -0.25) is 9.59 Å². The second kappa shape index (κ2) is 6.97. The summed E-state index contributed by atoms with van der Waals surface area (Å²) >= 11 is 4.84. The third-order valence-corrected chi connectivity index (χ3v) is 5.31. The topological polar surface area (TPSA) is 76.0 Å². The first-order chi connectivity index (χ1) is 12.6. The average molecular weight is 429 g/mol. The van der Waals surface area contributed by atoms with E-state index in [2.05, 4.69) is 31.7 Å². The molecule has 0 bridgehead atoms. The highest BCUT2D eigenvalue weighted by molar-refractivity contribution is 9.10. The maximum Gasteiger partial charge on any atom is 0.255 e. The summed E-state index contributed by atoms with van der Waals surface area (Å²) in [6.07, 6.45) is 3.50. The predicted molar refractivity (Wildman–Crippen MR) is 105 cm³/mol. The van der Waals surface area contributed by atoms with Gasteiger partial charge in [0.25, 0.3) is 5.91 Å². The van der Waals surface area contributed by atoms with Gasteiger partial charge in [-0.05, 0) is 46.3 Å². The Balaban J connectivity index is 1.61. The van der Waals surface area contributed by atoms with Gasteiger partial charge in [0.15, 0.2) is 0 Å². The molecule has 2 aromatic carbocycles. The zero-order chi connectivity index (χ0) is 18.1. The van der Waals surface area contributed by atoms with Crippen molar-refractivity contribution in [2.75, 3.05) is 16.4 Å². The highest BCUT2D eigenvalue weighted by atomic mass is 79.9. The van der Waals surface area contributed by atoms with Gasteiger partial charge in [0.05, 0.1) is 33.5 Å². The lowest BCUT2D eigenvalue weighted by atomic mass is 10.1. The molecule has 1 aromatic heterocycles. The largest absolute Gasteiger partial charge is 0.324 e. The minimum absolute atomic E-state index is 0.0605. The number of hydrogen-bond donors (Lipinski definition) is 2. The Bertz CT molecular complexity index is 1020. The normalized spacial score (nSPS) is 13.0. The first-order valence-electron chi connectivity index (χ1n) is 7.78. The maximum absolute atomic E-state index is 12.7. The van der Waals surface area contributed by atoms with E-state index in [0.717, 1.165) is 15.1 Å². The Morgan fingerprint density at radius 2 is 2.12 bits per heavy atom. The minimum atomic E-state index is -0.253. The van der Waals surface area contributed by atoms with Crippen LogP contribution in [0.2, 0.25) is 0 Å². The van der Waals surface area contributed by atoms with Crippen LogP contribution in [-0.2, 0) is 4.79 Å². The van der Waals surface area contributed by atoms with E-state index >= 15 is 0 Å². The second-order valence-corrected chi connectivity index (χ2v) is 7.56. The Hall–Kier alpha value is -2.58. The molecule has 0 saturated heterocycles. The van der Waals surface area contributed by atoms with Crippen LogP contribution in [0.25, 0.3) is 5.69 Å². The fraction of sp³-hybridized carbons (Fsp3) is 0.0556. The molecule has 0 atom stereocenters. The zero-order valence-electron chi connectivity index (χ0n) is 13.4. The van der Waals surface area contributed by atoms with Crippen LogP contribution in [0.4, 0.5) is 11.4 Å². The standard InChI is InChI=1S/C18H13BrN4O2S/c19-12-8-20-23(9-12)15-4-2-1-3-13(15)22-18(25)11-5-6-16-14(7-11)21-17(24)10-26-16/h1-9H,10H2,(H,21,24)(H,22,25). The number of amides is 2. The molecule has 26 heavy (non-hydrogen) atoms. The van der Waals surface area contributed by atoms with Crippen molar-refractivity contribution in [2.45, 2.75) is 4.90 Å². The molecule has 4 rings (SSSR count). The average Bonchev–Trinajstić information content (AvgIpc) is 3.07. The maximum atomic E-state index is 12.7. The molecule has 8 heteroatoms. The van der Waals surface area contributed by atoms with Crippen molar-refractivity contribution in [1.29, 1.82) is 0 Å². The molecule has 2 N–H and O–H groups in total. The summed E-state index contributed by atoms with van der Waals surface area (Å²) in [4.78, 5) is 25.2. The number of nitrogens with one attached hydrogen (secondary N) is 2. The SMILES string of the molecule is O=C1CSc2ccc(C(=O)Nc3ccccc3-n3cc(Br)cn3)cc2N1. The van der Waals surface area contributed by atoms with Gasteiger partial charge in [-0.15, -0.1) is 11.8 Å². The number of hydrogen-bond acceptors (Lipinski definition) is 4. The van der Waals surface area contributed by atoms with Crippen molar-refractivity contribution in [3.8, 4) is 5.69 Å². The quantitative estimate of drug-likeness (QED) is 0.662. The monoisotopic (exact) mass is 428 g/mol. The molecule has 0 spiro atoms. The summed E-state index contributed by atoms with van der Waals surface area (Å²) in [7, 11) is 0. The van der Waals surface area contributed by atoms with Gasteiger partial charge in [0, 0.05) is 16.7 Å². The van der Waals surface area contributed by atoms with E-state index in [1.54, 1.807) is 23.0 Å². The molecule has 6 nitrogen and oxygen atoms in total. The Kier molecular flexibility index (Phi) is 4.52. The van der Waals surface area contributed by atoms with E-state index in [4.69, 9.17) is 0 Å². The lowest BCUT2D eigenvalue weighted by Crippen LogP contribution is -2.20. The number of para-hydroxylation sites is 2. The summed E-state index contributed by atoms with van der Waals surface area (Å²) in [6, 6.07) is 12.7. The second-order valence-electron chi connectivity index (χ2n) is 5.62. The zero-order valence-corrected chi connectivity index (χ0v) is 15.8. The lowest BCUT2D eigenvalue weighted by Gasteiger charge is -2.17. The van der Waals surface area contributed by atoms with Crippen LogP contribution in [0.1, 0.15) is 10.4 Å². The number of thioether (sulfide) groups is 1. The van der Waals surface area contributed by atoms with Crippen molar-refractivity contribution >= 4 is 50.9 Å². The van der Waals surface area contributed by atoms with Crippen LogP contribution in [0.3, 0.4) is 0 Å². The molecular formula is C18H13BrN4O2S. The van der Waals surface area contributed by atoms with E-state index in [-0.39, 0.29) is 11.8 Å². The third kappa shape index (κ3) is 3.38. The number of benzene rings is 2. The molecule has 1 aliphatic heterocycles. The van der Waals surface area contributed by atoms with Crippen LogP contribution in [0, 0.1) is 0 Å². The number of carbonyl (C=O) groups excluding carboxylic acids is 2. The number of halogens is 1. The molecule has 2 heterocycles. The Labute approximate surface area is 162 Å². The van der Waals surface area contributed by atoms with Gasteiger partial charge in [-0.25, -0.2) is 4.68 Å². The number of nitrogens with zero attached hydrogens (tertiary/aromatic N) is 2. The highest BCUT2D eigenvalue weighted by Crippen LogP contribution is 2.32. The van der Waals surface area contributed by atoms with Gasteiger partial charge < -0.3 is 10.6 Å². The molecule has 3 aromatic rings. The van der Waals surface area contributed by atoms with E-state index in [1.807, 2.05) is 36.5 Å². The number of anilines is 2. The van der Waals surface area contributed by atoms with E-state index in [0.29, 0.717) is 22.7 Å².